The van der Waals surface area contributed by atoms with E-state index in [1.807, 2.05) is 12.1 Å². The summed E-state index contributed by atoms with van der Waals surface area (Å²) in [5.41, 5.74) is 2.49. The highest BCUT2D eigenvalue weighted by Crippen LogP contribution is 2.18. The maximum Gasteiger partial charge on any atom is 0.252 e. The third-order valence-corrected chi connectivity index (χ3v) is 4.14. The Morgan fingerprint density at radius 2 is 1.69 bits per heavy atom. The van der Waals surface area contributed by atoms with Gasteiger partial charge in [0.15, 0.2) is 0 Å². The lowest BCUT2D eigenvalue weighted by Gasteiger charge is -2.09. The second-order valence-electron chi connectivity index (χ2n) is 6.41. The van der Waals surface area contributed by atoms with Gasteiger partial charge in [-0.1, -0.05) is 18.2 Å². The summed E-state index contributed by atoms with van der Waals surface area (Å²) < 4.78 is 13.6. The number of hydrogen-bond donors (Lipinski definition) is 3. The molecule has 0 unspecified atom stereocenters. The second kappa shape index (κ2) is 9.45. The Balaban J connectivity index is 1.52. The second-order valence-corrected chi connectivity index (χ2v) is 6.41. The zero-order chi connectivity index (χ0) is 20.6. The Morgan fingerprint density at radius 1 is 0.966 bits per heavy atom. The highest BCUT2D eigenvalue weighted by Gasteiger charge is 2.07. The van der Waals surface area contributed by atoms with Crippen LogP contribution in [0.2, 0.25) is 0 Å². The molecule has 0 spiro atoms. The molecule has 1 heterocycles. The zero-order valence-corrected chi connectivity index (χ0v) is 15.9. The van der Waals surface area contributed by atoms with Crippen molar-refractivity contribution in [3.05, 3.63) is 83.8 Å². The number of hydrogen-bond acceptors (Lipinski definition) is 4. The lowest BCUT2D eigenvalue weighted by Crippen LogP contribution is -2.26. The fourth-order valence-corrected chi connectivity index (χ4v) is 2.70. The first-order chi connectivity index (χ1) is 14.0. The molecule has 0 bridgehead atoms. The first-order valence-corrected chi connectivity index (χ1v) is 9.13. The third-order valence-electron chi connectivity index (χ3n) is 4.14. The van der Waals surface area contributed by atoms with Crippen molar-refractivity contribution in [1.82, 2.24) is 10.3 Å². The fraction of sp³-hybridized carbons (Fsp3) is 0.136. The van der Waals surface area contributed by atoms with E-state index in [1.54, 1.807) is 42.5 Å². The first-order valence-electron chi connectivity index (χ1n) is 9.13. The summed E-state index contributed by atoms with van der Waals surface area (Å²) in [6, 6.07) is 17.1. The Morgan fingerprint density at radius 3 is 2.34 bits per heavy atom. The molecule has 0 saturated carbocycles. The molecule has 0 aliphatic carbocycles. The van der Waals surface area contributed by atoms with Crippen LogP contribution in [0.5, 0.6) is 0 Å². The van der Waals surface area contributed by atoms with E-state index in [1.165, 1.54) is 19.2 Å². The van der Waals surface area contributed by atoms with Gasteiger partial charge in [-0.3, -0.25) is 9.59 Å². The minimum Gasteiger partial charge on any atom is -0.352 e. The number of benzene rings is 2. The van der Waals surface area contributed by atoms with Crippen LogP contribution in [0.25, 0.3) is 0 Å². The average molecular weight is 392 g/mol. The summed E-state index contributed by atoms with van der Waals surface area (Å²) in [4.78, 5) is 27.5. The van der Waals surface area contributed by atoms with Crippen molar-refractivity contribution in [2.24, 2.45) is 0 Å². The predicted molar refractivity (Wildman–Crippen MR) is 111 cm³/mol. The van der Waals surface area contributed by atoms with Crippen molar-refractivity contribution in [1.29, 1.82) is 0 Å². The molecule has 2 aromatic carbocycles. The molecule has 0 atom stereocenters. The molecule has 0 aliphatic rings. The van der Waals surface area contributed by atoms with Gasteiger partial charge >= 0.3 is 0 Å². The number of halogens is 1. The van der Waals surface area contributed by atoms with E-state index in [-0.39, 0.29) is 17.6 Å². The van der Waals surface area contributed by atoms with Crippen LogP contribution in [0, 0.1) is 5.82 Å². The van der Waals surface area contributed by atoms with Gasteiger partial charge in [0.2, 0.25) is 5.91 Å². The topological polar surface area (TPSA) is 83.1 Å². The van der Waals surface area contributed by atoms with E-state index in [0.717, 1.165) is 5.69 Å². The molecule has 2 amide bonds. The average Bonchev–Trinajstić information content (AvgIpc) is 2.71. The van der Waals surface area contributed by atoms with Crippen molar-refractivity contribution in [2.75, 3.05) is 17.2 Å². The first kappa shape index (κ1) is 20.0. The maximum atomic E-state index is 13.6. The molecule has 3 aromatic rings. The van der Waals surface area contributed by atoms with Crippen molar-refractivity contribution in [2.45, 2.75) is 13.3 Å². The van der Waals surface area contributed by atoms with Gasteiger partial charge in [-0.2, -0.15) is 0 Å². The summed E-state index contributed by atoms with van der Waals surface area (Å²) in [5, 5.41) is 8.59. The molecular weight excluding hydrogens is 371 g/mol. The van der Waals surface area contributed by atoms with Gasteiger partial charge in [-0.25, -0.2) is 9.37 Å². The molecule has 0 fully saturated rings. The summed E-state index contributed by atoms with van der Waals surface area (Å²) in [6.07, 6.45) is 1.90. The molecule has 0 saturated heterocycles. The Labute approximate surface area is 168 Å². The van der Waals surface area contributed by atoms with Crippen LogP contribution in [0.4, 0.5) is 21.6 Å². The van der Waals surface area contributed by atoms with Crippen molar-refractivity contribution in [3.63, 3.8) is 0 Å². The molecule has 3 rings (SSSR count). The number of aromatic nitrogens is 1. The molecule has 148 valence electrons. The molecule has 7 heteroatoms. The van der Waals surface area contributed by atoms with E-state index in [2.05, 4.69) is 20.9 Å². The van der Waals surface area contributed by atoms with Gasteiger partial charge in [0.1, 0.15) is 11.6 Å². The number of amides is 2. The largest absolute Gasteiger partial charge is 0.352 e. The van der Waals surface area contributed by atoms with E-state index < -0.39 is 0 Å². The standard InChI is InChI=1S/C22H21FN4O2/c1-15(28)26-18-7-9-19(10-8-18)27-21-11-6-17(14-25-21)22(29)24-13-12-16-4-2-3-5-20(16)23/h2-11,14H,12-13H2,1H3,(H,24,29)(H,25,27)(H,26,28). The lowest BCUT2D eigenvalue weighted by atomic mass is 10.1. The normalized spacial score (nSPS) is 10.3. The fourth-order valence-electron chi connectivity index (χ4n) is 2.70. The number of rotatable bonds is 7. The lowest BCUT2D eigenvalue weighted by molar-refractivity contribution is -0.114. The van der Waals surface area contributed by atoms with Gasteiger partial charge < -0.3 is 16.0 Å². The summed E-state index contributed by atoms with van der Waals surface area (Å²) in [6.45, 7) is 1.79. The summed E-state index contributed by atoms with van der Waals surface area (Å²) >= 11 is 0. The van der Waals surface area contributed by atoms with E-state index >= 15 is 0 Å². The van der Waals surface area contributed by atoms with Crippen molar-refractivity contribution < 1.29 is 14.0 Å². The molecule has 0 aliphatic heterocycles. The highest BCUT2D eigenvalue weighted by atomic mass is 19.1. The van der Waals surface area contributed by atoms with Crippen LogP contribution >= 0.6 is 0 Å². The van der Waals surface area contributed by atoms with Crippen LogP contribution in [0.15, 0.2) is 66.9 Å². The van der Waals surface area contributed by atoms with Crippen molar-refractivity contribution in [3.8, 4) is 0 Å². The molecule has 29 heavy (non-hydrogen) atoms. The number of anilines is 3. The van der Waals surface area contributed by atoms with Crippen LogP contribution in [0.1, 0.15) is 22.8 Å². The summed E-state index contributed by atoms with van der Waals surface area (Å²) in [7, 11) is 0. The Hall–Kier alpha value is -3.74. The van der Waals surface area contributed by atoms with E-state index in [4.69, 9.17) is 0 Å². The molecule has 0 radical (unpaired) electrons. The highest BCUT2D eigenvalue weighted by molar-refractivity contribution is 5.94. The number of nitrogens with zero attached hydrogens (tertiary/aromatic N) is 1. The van der Waals surface area contributed by atoms with E-state index in [9.17, 15) is 14.0 Å². The molecule has 3 N–H and O–H groups in total. The Bertz CT molecular complexity index is 988. The van der Waals surface area contributed by atoms with Crippen molar-refractivity contribution >= 4 is 29.0 Å². The third kappa shape index (κ3) is 5.87. The monoisotopic (exact) mass is 392 g/mol. The number of carbonyl (C=O) groups excluding carboxylic acids is 2. The van der Waals surface area contributed by atoms with E-state index in [0.29, 0.717) is 35.6 Å². The molecule has 6 nitrogen and oxygen atoms in total. The van der Waals surface area contributed by atoms with Gasteiger partial charge in [0.25, 0.3) is 5.91 Å². The van der Waals surface area contributed by atoms with Gasteiger partial charge in [0.05, 0.1) is 5.56 Å². The predicted octanol–water partition coefficient (Wildman–Crippen LogP) is 3.90. The van der Waals surface area contributed by atoms with Crippen LogP contribution in [-0.4, -0.2) is 23.3 Å². The minimum atomic E-state index is -0.274. The number of carbonyl (C=O) groups is 2. The van der Waals surface area contributed by atoms with Gasteiger partial charge in [-0.05, 0) is 54.4 Å². The minimum absolute atomic E-state index is 0.129. The van der Waals surface area contributed by atoms with Gasteiger partial charge in [0, 0.05) is 31.0 Å². The Kier molecular flexibility index (Phi) is 6.52. The maximum absolute atomic E-state index is 13.6. The SMILES string of the molecule is CC(=O)Nc1ccc(Nc2ccc(C(=O)NCCc3ccccc3F)cn2)cc1. The quantitative estimate of drug-likeness (QED) is 0.570. The number of pyridine rings is 1. The zero-order valence-electron chi connectivity index (χ0n) is 15.9. The molecule has 1 aromatic heterocycles. The van der Waals surface area contributed by atoms with Crippen LogP contribution < -0.4 is 16.0 Å². The summed E-state index contributed by atoms with van der Waals surface area (Å²) in [5.74, 6) is -0.0840. The van der Waals surface area contributed by atoms with Gasteiger partial charge in [-0.15, -0.1) is 0 Å². The number of nitrogens with one attached hydrogen (secondary N) is 3. The van der Waals surface area contributed by atoms with Crippen LogP contribution in [-0.2, 0) is 11.2 Å². The van der Waals surface area contributed by atoms with Crippen LogP contribution in [0.3, 0.4) is 0 Å². The smallest absolute Gasteiger partial charge is 0.252 e. The molecular formula is C22H21FN4O2.